The van der Waals surface area contributed by atoms with Crippen LogP contribution in [0, 0.1) is 23.1 Å². The van der Waals surface area contributed by atoms with Crippen LogP contribution in [0.3, 0.4) is 0 Å². The molecular formula is C24H27FN4O2. The summed E-state index contributed by atoms with van der Waals surface area (Å²) < 4.78 is 14.2. The Morgan fingerprint density at radius 3 is 2.45 bits per heavy atom. The zero-order valence-corrected chi connectivity index (χ0v) is 17.5. The molecule has 0 aromatic heterocycles. The largest absolute Gasteiger partial charge is 0.352 e. The molecule has 2 amide bonds. The van der Waals surface area contributed by atoms with Gasteiger partial charge >= 0.3 is 0 Å². The van der Waals surface area contributed by atoms with Gasteiger partial charge in [-0.1, -0.05) is 42.5 Å². The maximum Gasteiger partial charge on any atom is 0.241 e. The first-order chi connectivity index (χ1) is 15.1. The Morgan fingerprint density at radius 2 is 1.77 bits per heavy atom. The average molecular weight is 423 g/mol. The molecule has 1 aliphatic rings. The zero-order valence-electron chi connectivity index (χ0n) is 17.5. The fourth-order valence-electron chi connectivity index (χ4n) is 3.77. The lowest BCUT2D eigenvalue weighted by Gasteiger charge is -2.32. The quantitative estimate of drug-likeness (QED) is 0.709. The Bertz CT molecular complexity index is 921. The fraction of sp³-hybridized carbons (Fsp3) is 0.375. The predicted molar refractivity (Wildman–Crippen MR) is 116 cm³/mol. The molecule has 1 saturated heterocycles. The number of halogens is 1. The molecule has 6 nitrogen and oxygen atoms in total. The van der Waals surface area contributed by atoms with Crippen molar-refractivity contribution in [3.05, 3.63) is 66.0 Å². The lowest BCUT2D eigenvalue weighted by molar-refractivity contribution is -0.126. The number of anilines is 1. The van der Waals surface area contributed by atoms with E-state index in [1.807, 2.05) is 41.3 Å². The summed E-state index contributed by atoms with van der Waals surface area (Å²) in [4.78, 5) is 28.7. The number of likely N-dealkylation sites (tertiary alicyclic amines) is 1. The van der Waals surface area contributed by atoms with Crippen LogP contribution < -0.4 is 10.2 Å². The van der Waals surface area contributed by atoms with E-state index >= 15 is 0 Å². The second-order valence-electron chi connectivity index (χ2n) is 7.66. The van der Waals surface area contributed by atoms with Crippen molar-refractivity contribution in [3.63, 3.8) is 0 Å². The third-order valence-corrected chi connectivity index (χ3v) is 5.52. The van der Waals surface area contributed by atoms with Gasteiger partial charge in [-0.05, 0) is 43.6 Å². The number of carbonyl (C=O) groups excluding carboxylic acids is 2. The molecule has 1 fully saturated rings. The van der Waals surface area contributed by atoms with Crippen LogP contribution in [-0.4, -0.2) is 42.9 Å². The molecule has 0 aliphatic carbocycles. The summed E-state index contributed by atoms with van der Waals surface area (Å²) in [5.41, 5.74) is 1.25. The van der Waals surface area contributed by atoms with Crippen LogP contribution in [0.25, 0.3) is 0 Å². The lowest BCUT2D eigenvalue weighted by Crippen LogP contribution is -2.46. The normalized spacial score (nSPS) is 14.6. The van der Waals surface area contributed by atoms with Gasteiger partial charge in [0.1, 0.15) is 5.82 Å². The molecule has 1 aliphatic heterocycles. The average Bonchev–Trinajstić information content (AvgIpc) is 2.80. The minimum atomic E-state index is -0.484. The van der Waals surface area contributed by atoms with E-state index in [2.05, 4.69) is 5.32 Å². The highest BCUT2D eigenvalue weighted by Gasteiger charge is 2.27. The third-order valence-electron chi connectivity index (χ3n) is 5.52. The van der Waals surface area contributed by atoms with Gasteiger partial charge in [0.05, 0.1) is 24.7 Å². The van der Waals surface area contributed by atoms with Gasteiger partial charge < -0.3 is 10.2 Å². The Morgan fingerprint density at radius 1 is 1.10 bits per heavy atom. The molecular weight excluding hydrogens is 395 g/mol. The molecule has 1 N–H and O–H groups in total. The van der Waals surface area contributed by atoms with Gasteiger partial charge in [0.25, 0.3) is 0 Å². The van der Waals surface area contributed by atoms with Crippen molar-refractivity contribution in [2.45, 2.75) is 25.8 Å². The summed E-state index contributed by atoms with van der Waals surface area (Å²) in [7, 11) is 0. The number of nitrogens with zero attached hydrogens (tertiary/aromatic N) is 3. The number of nitrogens with one attached hydrogen (secondary N) is 1. The molecule has 31 heavy (non-hydrogen) atoms. The van der Waals surface area contributed by atoms with Crippen molar-refractivity contribution in [2.24, 2.45) is 5.92 Å². The number of piperidine rings is 1. The first-order valence-corrected chi connectivity index (χ1v) is 10.5. The molecule has 0 spiro atoms. The van der Waals surface area contributed by atoms with E-state index in [1.54, 1.807) is 18.2 Å². The first kappa shape index (κ1) is 22.4. The number of carbonyl (C=O) groups is 2. The van der Waals surface area contributed by atoms with E-state index in [-0.39, 0.29) is 42.9 Å². The molecule has 0 atom stereocenters. The van der Waals surface area contributed by atoms with E-state index < -0.39 is 5.82 Å². The van der Waals surface area contributed by atoms with Gasteiger partial charge in [-0.2, -0.15) is 5.26 Å². The van der Waals surface area contributed by atoms with Gasteiger partial charge in [0, 0.05) is 19.0 Å². The summed E-state index contributed by atoms with van der Waals surface area (Å²) in [5, 5.41) is 11.9. The summed E-state index contributed by atoms with van der Waals surface area (Å²) >= 11 is 0. The number of hydrogen-bond acceptors (Lipinski definition) is 4. The topological polar surface area (TPSA) is 76.4 Å². The van der Waals surface area contributed by atoms with Crippen LogP contribution in [0.15, 0.2) is 54.6 Å². The predicted octanol–water partition coefficient (Wildman–Crippen LogP) is 3.10. The second-order valence-corrected chi connectivity index (χ2v) is 7.66. The van der Waals surface area contributed by atoms with Crippen molar-refractivity contribution >= 4 is 17.5 Å². The van der Waals surface area contributed by atoms with E-state index in [9.17, 15) is 14.0 Å². The molecule has 0 saturated carbocycles. The highest BCUT2D eigenvalue weighted by molar-refractivity contribution is 5.95. The monoisotopic (exact) mass is 422 g/mol. The Kier molecular flexibility index (Phi) is 8.13. The highest BCUT2D eigenvalue weighted by Crippen LogP contribution is 2.21. The van der Waals surface area contributed by atoms with Crippen molar-refractivity contribution in [3.8, 4) is 6.07 Å². The number of rotatable bonds is 8. The SMILES string of the molecule is N#CCCN(C(=O)CN1CCC(C(=O)NCc2ccccc2)CC1)c1ccccc1F. The van der Waals surface area contributed by atoms with Crippen molar-refractivity contribution in [1.82, 2.24) is 10.2 Å². The van der Waals surface area contributed by atoms with Crippen molar-refractivity contribution in [2.75, 3.05) is 31.1 Å². The maximum absolute atomic E-state index is 14.2. The standard InChI is InChI=1S/C24H27FN4O2/c25-21-9-4-5-10-22(21)29(14-6-13-26)23(30)18-28-15-11-20(12-16-28)24(31)27-17-19-7-2-1-3-8-19/h1-5,7-10,20H,6,11-12,14-18H2,(H,27,31). The fourth-order valence-corrected chi connectivity index (χ4v) is 3.77. The number of hydrogen-bond donors (Lipinski definition) is 1. The van der Waals surface area contributed by atoms with Crippen LogP contribution in [0.5, 0.6) is 0 Å². The van der Waals surface area contributed by atoms with Gasteiger partial charge in [-0.15, -0.1) is 0 Å². The Hall–Kier alpha value is -3.24. The van der Waals surface area contributed by atoms with E-state index in [0.717, 1.165) is 5.56 Å². The molecule has 7 heteroatoms. The molecule has 0 bridgehead atoms. The summed E-state index contributed by atoms with van der Waals surface area (Å²) in [5.74, 6) is -0.761. The molecule has 0 unspecified atom stereocenters. The van der Waals surface area contributed by atoms with E-state index in [1.165, 1.54) is 11.0 Å². The molecule has 2 aromatic carbocycles. The molecule has 2 aromatic rings. The number of nitriles is 1. The molecule has 0 radical (unpaired) electrons. The lowest BCUT2D eigenvalue weighted by atomic mass is 9.95. The van der Waals surface area contributed by atoms with E-state index in [4.69, 9.17) is 5.26 Å². The Balaban J connectivity index is 1.50. The molecule has 1 heterocycles. The van der Waals surface area contributed by atoms with Gasteiger partial charge in [0.15, 0.2) is 0 Å². The number of benzene rings is 2. The Labute approximate surface area is 182 Å². The summed E-state index contributed by atoms with van der Waals surface area (Å²) in [6.07, 6.45) is 1.47. The van der Waals surface area contributed by atoms with Gasteiger partial charge in [0.2, 0.25) is 11.8 Å². The molecule has 162 valence electrons. The van der Waals surface area contributed by atoms with Crippen LogP contribution >= 0.6 is 0 Å². The highest BCUT2D eigenvalue weighted by atomic mass is 19.1. The summed E-state index contributed by atoms with van der Waals surface area (Å²) in [6.45, 7) is 2.04. The van der Waals surface area contributed by atoms with Crippen molar-refractivity contribution in [1.29, 1.82) is 5.26 Å². The van der Waals surface area contributed by atoms with Gasteiger partial charge in [-0.3, -0.25) is 14.5 Å². The smallest absolute Gasteiger partial charge is 0.241 e. The van der Waals surface area contributed by atoms with Crippen LogP contribution in [0.2, 0.25) is 0 Å². The van der Waals surface area contributed by atoms with E-state index in [0.29, 0.717) is 32.5 Å². The third kappa shape index (κ3) is 6.37. The first-order valence-electron chi connectivity index (χ1n) is 10.5. The van der Waals surface area contributed by atoms with Crippen molar-refractivity contribution < 1.29 is 14.0 Å². The minimum absolute atomic E-state index is 0.0387. The zero-order chi connectivity index (χ0) is 22.1. The minimum Gasteiger partial charge on any atom is -0.352 e. The van der Waals surface area contributed by atoms with Crippen LogP contribution in [-0.2, 0) is 16.1 Å². The van der Waals surface area contributed by atoms with Gasteiger partial charge in [-0.25, -0.2) is 4.39 Å². The second kappa shape index (κ2) is 11.2. The molecule has 3 rings (SSSR count). The number of amides is 2. The maximum atomic E-state index is 14.2. The van der Waals surface area contributed by atoms with Crippen LogP contribution in [0.1, 0.15) is 24.8 Å². The summed E-state index contributed by atoms with van der Waals surface area (Å²) in [6, 6.07) is 17.9. The van der Waals surface area contributed by atoms with Crippen LogP contribution in [0.4, 0.5) is 10.1 Å². The number of para-hydroxylation sites is 1.